The highest BCUT2D eigenvalue weighted by molar-refractivity contribution is 5.72. The first kappa shape index (κ1) is 20.6. The molecule has 10 heteroatoms. The van der Waals surface area contributed by atoms with Crippen LogP contribution < -0.4 is 16.0 Å². The van der Waals surface area contributed by atoms with E-state index in [4.69, 9.17) is 4.74 Å². The van der Waals surface area contributed by atoms with Crippen molar-refractivity contribution in [2.75, 3.05) is 6.61 Å². The molecule has 0 aliphatic heterocycles. The molecule has 10 nitrogen and oxygen atoms in total. The fourth-order valence-corrected chi connectivity index (χ4v) is 3.56. The van der Waals surface area contributed by atoms with Gasteiger partial charge in [0.15, 0.2) is 11.2 Å². The molecule has 0 saturated heterocycles. The maximum absolute atomic E-state index is 12.6. The van der Waals surface area contributed by atoms with Gasteiger partial charge in [0.2, 0.25) is 5.95 Å². The first-order valence-electron chi connectivity index (χ1n) is 9.86. The zero-order valence-corrected chi connectivity index (χ0v) is 17.8. The van der Waals surface area contributed by atoms with Crippen molar-refractivity contribution in [2.24, 2.45) is 7.05 Å². The molecule has 4 aromatic rings. The molecule has 0 aliphatic rings. The summed E-state index contributed by atoms with van der Waals surface area (Å²) in [5, 5.41) is 15.2. The Bertz CT molecular complexity index is 1380. The summed E-state index contributed by atoms with van der Waals surface area (Å²) in [6, 6.07) is 9.40. The zero-order chi connectivity index (χ0) is 22.3. The lowest BCUT2D eigenvalue weighted by atomic mass is 10.2. The van der Waals surface area contributed by atoms with Crippen LogP contribution in [0.2, 0.25) is 0 Å². The zero-order valence-electron chi connectivity index (χ0n) is 17.8. The van der Waals surface area contributed by atoms with Crippen LogP contribution in [-0.2, 0) is 13.6 Å². The molecular formula is C21H24N6O4. The van der Waals surface area contributed by atoms with E-state index in [0.29, 0.717) is 11.7 Å². The van der Waals surface area contributed by atoms with Gasteiger partial charge < -0.3 is 9.84 Å². The van der Waals surface area contributed by atoms with Crippen LogP contribution in [0.5, 0.6) is 5.75 Å². The minimum Gasteiger partial charge on any atom is -0.491 e. The average molecular weight is 424 g/mol. The Morgan fingerprint density at radius 1 is 1.19 bits per heavy atom. The third-order valence-corrected chi connectivity index (χ3v) is 5.10. The van der Waals surface area contributed by atoms with Gasteiger partial charge in [-0.2, -0.15) is 10.1 Å². The van der Waals surface area contributed by atoms with Crippen molar-refractivity contribution in [3.8, 4) is 11.7 Å². The highest BCUT2D eigenvalue weighted by atomic mass is 16.5. The number of nitrogens with zero attached hydrogens (tertiary/aromatic N) is 5. The van der Waals surface area contributed by atoms with E-state index < -0.39 is 17.4 Å². The number of aromatic amines is 1. The van der Waals surface area contributed by atoms with E-state index in [0.717, 1.165) is 17.0 Å². The maximum atomic E-state index is 12.6. The minimum atomic E-state index is -0.940. The number of para-hydroxylation sites is 1. The van der Waals surface area contributed by atoms with Crippen molar-refractivity contribution in [2.45, 2.75) is 33.4 Å². The number of rotatable bonds is 6. The number of hydrogen-bond donors (Lipinski definition) is 2. The van der Waals surface area contributed by atoms with Gasteiger partial charge in [-0.3, -0.25) is 18.9 Å². The number of H-pyrrole nitrogens is 1. The lowest BCUT2D eigenvalue weighted by molar-refractivity contribution is 0.0929. The van der Waals surface area contributed by atoms with Crippen LogP contribution in [0.4, 0.5) is 0 Å². The number of aliphatic hydroxyl groups excluding tert-OH is 1. The molecular weight excluding hydrogens is 400 g/mol. The number of benzene rings is 1. The van der Waals surface area contributed by atoms with Gasteiger partial charge in [0.1, 0.15) is 18.5 Å². The second-order valence-electron chi connectivity index (χ2n) is 7.58. The van der Waals surface area contributed by atoms with Crippen molar-refractivity contribution >= 4 is 11.2 Å². The summed E-state index contributed by atoms with van der Waals surface area (Å²) in [7, 11) is 1.53. The second kappa shape index (κ2) is 7.88. The van der Waals surface area contributed by atoms with Crippen molar-refractivity contribution in [1.82, 2.24) is 28.9 Å². The van der Waals surface area contributed by atoms with E-state index in [1.54, 1.807) is 9.25 Å². The number of hydrogen-bond acceptors (Lipinski definition) is 6. The predicted octanol–water partition coefficient (Wildman–Crippen LogP) is 0.974. The number of aromatic nitrogens is 6. The predicted molar refractivity (Wildman–Crippen MR) is 115 cm³/mol. The summed E-state index contributed by atoms with van der Waals surface area (Å²) in [5.41, 5.74) is 1.79. The van der Waals surface area contributed by atoms with E-state index in [2.05, 4.69) is 15.1 Å². The molecule has 0 radical (unpaired) electrons. The first-order valence-corrected chi connectivity index (χ1v) is 9.86. The topological polar surface area (TPSA) is 120 Å². The van der Waals surface area contributed by atoms with Gasteiger partial charge in [0.25, 0.3) is 5.56 Å². The Hall–Kier alpha value is -3.66. The normalized spacial score (nSPS) is 12.4. The first-order chi connectivity index (χ1) is 14.8. The molecule has 4 rings (SSSR count). The number of aliphatic hydroxyl groups is 1. The summed E-state index contributed by atoms with van der Waals surface area (Å²) in [6.07, 6.45) is -0.940. The lowest BCUT2D eigenvalue weighted by Gasteiger charge is -2.16. The van der Waals surface area contributed by atoms with E-state index >= 15 is 0 Å². The quantitative estimate of drug-likeness (QED) is 0.476. The number of imidazole rings is 1. The average Bonchev–Trinajstić information content (AvgIpc) is 3.25. The van der Waals surface area contributed by atoms with Gasteiger partial charge in [0.05, 0.1) is 12.2 Å². The molecule has 0 saturated carbocycles. The molecule has 0 spiro atoms. The Kier molecular flexibility index (Phi) is 5.24. The number of ether oxygens (including phenoxy) is 1. The van der Waals surface area contributed by atoms with Crippen LogP contribution in [0.1, 0.15) is 17.0 Å². The second-order valence-corrected chi connectivity index (χ2v) is 7.58. The third-order valence-electron chi connectivity index (χ3n) is 5.10. The monoisotopic (exact) mass is 424 g/mol. The van der Waals surface area contributed by atoms with Gasteiger partial charge in [-0.15, -0.1) is 0 Å². The van der Waals surface area contributed by atoms with Crippen molar-refractivity contribution in [3.05, 3.63) is 68.1 Å². The molecule has 3 heterocycles. The van der Waals surface area contributed by atoms with Gasteiger partial charge in [-0.1, -0.05) is 18.2 Å². The smallest absolute Gasteiger partial charge is 0.329 e. The molecule has 0 unspecified atom stereocenters. The molecule has 0 amide bonds. The molecule has 3 aromatic heterocycles. The van der Waals surface area contributed by atoms with Gasteiger partial charge in [-0.25, -0.2) is 9.48 Å². The fourth-order valence-electron chi connectivity index (χ4n) is 3.56. The summed E-state index contributed by atoms with van der Waals surface area (Å²) >= 11 is 0. The molecule has 0 bridgehead atoms. The Morgan fingerprint density at radius 3 is 2.61 bits per heavy atom. The van der Waals surface area contributed by atoms with Crippen LogP contribution >= 0.6 is 0 Å². The van der Waals surface area contributed by atoms with Gasteiger partial charge >= 0.3 is 5.69 Å². The van der Waals surface area contributed by atoms with Crippen molar-refractivity contribution in [1.29, 1.82) is 0 Å². The highest BCUT2D eigenvalue weighted by Crippen LogP contribution is 2.19. The number of aryl methyl sites for hydroxylation is 4. The molecule has 1 aromatic carbocycles. The van der Waals surface area contributed by atoms with Gasteiger partial charge in [0, 0.05) is 12.7 Å². The standard InChI is InChI=1S/C21H24N6O4/c1-12-7-5-6-8-16(12)31-11-15(28)10-26-17-18(25(4)21(30)23-19(17)29)22-20(26)27-14(3)9-13(2)24-27/h5-9,15,28H,10-11H2,1-4H3,(H,23,29,30)/t15-/m1/s1. The van der Waals surface area contributed by atoms with E-state index in [-0.39, 0.29) is 24.3 Å². The minimum absolute atomic E-state index is 0.0186. The van der Waals surface area contributed by atoms with Crippen LogP contribution in [0, 0.1) is 20.8 Å². The largest absolute Gasteiger partial charge is 0.491 e. The van der Waals surface area contributed by atoms with Gasteiger partial charge in [-0.05, 0) is 38.5 Å². The van der Waals surface area contributed by atoms with Crippen molar-refractivity contribution in [3.63, 3.8) is 0 Å². The van der Waals surface area contributed by atoms with E-state index in [1.165, 1.54) is 11.6 Å². The van der Waals surface area contributed by atoms with Crippen LogP contribution in [0.15, 0.2) is 39.9 Å². The summed E-state index contributed by atoms with van der Waals surface area (Å²) in [5.74, 6) is 1.01. The molecule has 0 fully saturated rings. The Balaban J connectivity index is 1.76. The molecule has 0 aliphatic carbocycles. The van der Waals surface area contributed by atoms with Crippen LogP contribution in [0.25, 0.3) is 17.1 Å². The Morgan fingerprint density at radius 2 is 1.94 bits per heavy atom. The highest BCUT2D eigenvalue weighted by Gasteiger charge is 2.22. The molecule has 2 N–H and O–H groups in total. The fraction of sp³-hybridized carbons (Fsp3) is 0.333. The molecule has 31 heavy (non-hydrogen) atoms. The van der Waals surface area contributed by atoms with Crippen LogP contribution in [0.3, 0.4) is 0 Å². The number of fused-ring (bicyclic) bond motifs is 1. The third kappa shape index (κ3) is 3.77. The lowest BCUT2D eigenvalue weighted by Crippen LogP contribution is -2.31. The summed E-state index contributed by atoms with van der Waals surface area (Å²) < 4.78 is 10.2. The molecule has 1 atom stereocenters. The summed E-state index contributed by atoms with van der Waals surface area (Å²) in [4.78, 5) is 31.5. The SMILES string of the molecule is Cc1cc(C)n(-c2nc3c(c(=O)[nH]c(=O)n3C)n2C[C@@H](O)COc2ccccc2C)n1. The van der Waals surface area contributed by atoms with E-state index in [1.807, 2.05) is 51.1 Å². The molecule has 162 valence electrons. The van der Waals surface area contributed by atoms with Crippen molar-refractivity contribution < 1.29 is 9.84 Å². The van der Waals surface area contributed by atoms with Crippen LogP contribution in [-0.4, -0.2) is 46.7 Å². The van der Waals surface area contributed by atoms with E-state index in [9.17, 15) is 14.7 Å². The number of nitrogens with one attached hydrogen (secondary N) is 1. The Labute approximate surface area is 177 Å². The maximum Gasteiger partial charge on any atom is 0.329 e. The summed E-state index contributed by atoms with van der Waals surface area (Å²) in [6.45, 7) is 5.68.